The van der Waals surface area contributed by atoms with E-state index in [0.29, 0.717) is 17.9 Å². The molecular weight excluding hydrogens is 262 g/mol. The van der Waals surface area contributed by atoms with Gasteiger partial charge in [-0.15, -0.1) is 11.3 Å². The number of amides is 1. The van der Waals surface area contributed by atoms with Crippen LogP contribution in [-0.4, -0.2) is 35.9 Å². The fourth-order valence-corrected chi connectivity index (χ4v) is 3.12. The van der Waals surface area contributed by atoms with Gasteiger partial charge in [0.1, 0.15) is 0 Å². The van der Waals surface area contributed by atoms with Crippen LogP contribution in [0.3, 0.4) is 0 Å². The molecule has 2 rings (SSSR count). The summed E-state index contributed by atoms with van der Waals surface area (Å²) in [7, 11) is 0. The summed E-state index contributed by atoms with van der Waals surface area (Å²) in [6, 6.07) is 3.62. The van der Waals surface area contributed by atoms with Gasteiger partial charge in [0.25, 0.3) is 5.91 Å². The fraction of sp³-hybridized carbons (Fsp3) is 0.643. The molecule has 2 N–H and O–H groups in total. The lowest BCUT2D eigenvalue weighted by atomic mass is 9.56. The Morgan fingerprint density at radius 1 is 1.63 bits per heavy atom. The van der Waals surface area contributed by atoms with E-state index in [4.69, 9.17) is 4.74 Å². The van der Waals surface area contributed by atoms with Crippen molar-refractivity contribution in [3.8, 4) is 0 Å². The number of hydrogen-bond donors (Lipinski definition) is 2. The maximum Gasteiger partial charge on any atom is 0.261 e. The Hall–Kier alpha value is -0.910. The Labute approximate surface area is 117 Å². The fourth-order valence-electron chi connectivity index (χ4n) is 2.48. The number of rotatable bonds is 5. The molecule has 1 aliphatic rings. The molecule has 1 aromatic heterocycles. The first-order valence-corrected chi connectivity index (χ1v) is 7.44. The topological polar surface area (TPSA) is 58.6 Å². The summed E-state index contributed by atoms with van der Waals surface area (Å²) in [6.45, 7) is 6.82. The molecule has 1 amide bonds. The number of thiophene rings is 1. The van der Waals surface area contributed by atoms with E-state index in [1.807, 2.05) is 32.2 Å². The van der Waals surface area contributed by atoms with Crippen molar-refractivity contribution in [2.45, 2.75) is 38.9 Å². The van der Waals surface area contributed by atoms with E-state index in [9.17, 15) is 9.90 Å². The number of aliphatic hydroxyl groups is 1. The van der Waals surface area contributed by atoms with Crippen molar-refractivity contribution in [2.24, 2.45) is 5.41 Å². The molecule has 1 fully saturated rings. The molecule has 2 atom stereocenters. The SMILES string of the molecule is CCO[C@@H]1C[C@@](O)(CNC(=O)c2cccs2)C1(C)C. The van der Waals surface area contributed by atoms with E-state index in [2.05, 4.69) is 5.32 Å². The summed E-state index contributed by atoms with van der Waals surface area (Å²) in [5, 5.41) is 15.3. The maximum atomic E-state index is 11.9. The standard InChI is InChI=1S/C14H21NO3S/c1-4-18-11-8-14(17,13(11,2)3)9-15-12(16)10-6-5-7-19-10/h5-7,11,17H,4,8-9H2,1-3H3,(H,15,16)/t11-,14-/m1/s1. The van der Waals surface area contributed by atoms with Gasteiger partial charge in [0, 0.05) is 25.0 Å². The highest BCUT2D eigenvalue weighted by molar-refractivity contribution is 7.12. The zero-order valence-electron chi connectivity index (χ0n) is 11.6. The van der Waals surface area contributed by atoms with E-state index >= 15 is 0 Å². The Bertz CT molecular complexity index is 444. The molecule has 0 aliphatic heterocycles. The minimum absolute atomic E-state index is 0.0566. The van der Waals surface area contributed by atoms with Crippen molar-refractivity contribution in [2.75, 3.05) is 13.2 Å². The van der Waals surface area contributed by atoms with Crippen LogP contribution in [0.5, 0.6) is 0 Å². The number of hydrogen-bond acceptors (Lipinski definition) is 4. The van der Waals surface area contributed by atoms with E-state index in [1.165, 1.54) is 11.3 Å². The van der Waals surface area contributed by atoms with Crippen molar-refractivity contribution < 1.29 is 14.6 Å². The molecule has 0 radical (unpaired) electrons. The zero-order valence-corrected chi connectivity index (χ0v) is 12.4. The smallest absolute Gasteiger partial charge is 0.261 e. The van der Waals surface area contributed by atoms with Gasteiger partial charge in [-0.2, -0.15) is 0 Å². The molecular formula is C14H21NO3S. The van der Waals surface area contributed by atoms with Crippen molar-refractivity contribution >= 4 is 17.2 Å². The quantitative estimate of drug-likeness (QED) is 0.869. The van der Waals surface area contributed by atoms with E-state index in [1.54, 1.807) is 6.07 Å². The van der Waals surface area contributed by atoms with Gasteiger partial charge >= 0.3 is 0 Å². The number of carbonyl (C=O) groups excluding carboxylic acids is 1. The van der Waals surface area contributed by atoms with Crippen molar-refractivity contribution in [3.63, 3.8) is 0 Å². The van der Waals surface area contributed by atoms with Gasteiger partial charge in [0.2, 0.25) is 0 Å². The molecule has 0 saturated heterocycles. The first-order valence-electron chi connectivity index (χ1n) is 6.56. The van der Waals surface area contributed by atoms with Crippen molar-refractivity contribution in [3.05, 3.63) is 22.4 Å². The van der Waals surface area contributed by atoms with Crippen LogP contribution in [0.1, 0.15) is 36.9 Å². The Morgan fingerprint density at radius 3 is 2.89 bits per heavy atom. The maximum absolute atomic E-state index is 11.9. The normalized spacial score (nSPS) is 28.7. The third kappa shape index (κ3) is 2.55. The molecule has 1 aliphatic carbocycles. The molecule has 0 aromatic carbocycles. The van der Waals surface area contributed by atoms with Crippen LogP contribution < -0.4 is 5.32 Å². The van der Waals surface area contributed by atoms with E-state index in [0.717, 1.165) is 0 Å². The summed E-state index contributed by atoms with van der Waals surface area (Å²) in [5.74, 6) is -0.126. The van der Waals surface area contributed by atoms with Crippen LogP contribution in [-0.2, 0) is 4.74 Å². The zero-order chi connectivity index (χ0) is 14.1. The highest BCUT2D eigenvalue weighted by Crippen LogP contribution is 2.50. The first kappa shape index (κ1) is 14.5. The lowest BCUT2D eigenvalue weighted by molar-refractivity contribution is -0.237. The summed E-state index contributed by atoms with van der Waals surface area (Å²) in [6.07, 6.45) is 0.625. The molecule has 0 bridgehead atoms. The Morgan fingerprint density at radius 2 is 2.37 bits per heavy atom. The second-order valence-corrected chi connectivity index (χ2v) is 6.51. The molecule has 1 saturated carbocycles. The average molecular weight is 283 g/mol. The molecule has 19 heavy (non-hydrogen) atoms. The van der Waals surface area contributed by atoms with Crippen LogP contribution in [0.2, 0.25) is 0 Å². The van der Waals surface area contributed by atoms with Gasteiger partial charge in [0.05, 0.1) is 16.6 Å². The van der Waals surface area contributed by atoms with Crippen molar-refractivity contribution in [1.29, 1.82) is 0 Å². The van der Waals surface area contributed by atoms with Crippen LogP contribution in [0.15, 0.2) is 17.5 Å². The van der Waals surface area contributed by atoms with Crippen LogP contribution in [0, 0.1) is 5.41 Å². The monoisotopic (exact) mass is 283 g/mol. The lowest BCUT2D eigenvalue weighted by Crippen LogP contribution is -2.68. The van der Waals surface area contributed by atoms with Gasteiger partial charge in [-0.25, -0.2) is 0 Å². The third-order valence-corrected chi connectivity index (χ3v) is 5.05. The largest absolute Gasteiger partial charge is 0.387 e. The number of ether oxygens (including phenoxy) is 1. The van der Waals surface area contributed by atoms with E-state index < -0.39 is 5.60 Å². The van der Waals surface area contributed by atoms with Crippen LogP contribution in [0.4, 0.5) is 0 Å². The second kappa shape index (κ2) is 5.23. The van der Waals surface area contributed by atoms with Crippen LogP contribution >= 0.6 is 11.3 Å². The molecule has 1 heterocycles. The highest BCUT2D eigenvalue weighted by atomic mass is 32.1. The van der Waals surface area contributed by atoms with Gasteiger partial charge in [0.15, 0.2) is 0 Å². The van der Waals surface area contributed by atoms with Crippen molar-refractivity contribution in [1.82, 2.24) is 5.32 Å². The van der Waals surface area contributed by atoms with Crippen LogP contribution in [0.25, 0.3) is 0 Å². The average Bonchev–Trinajstić information content (AvgIpc) is 2.89. The minimum Gasteiger partial charge on any atom is -0.387 e. The number of nitrogens with one attached hydrogen (secondary N) is 1. The third-order valence-electron chi connectivity index (χ3n) is 4.18. The predicted molar refractivity (Wildman–Crippen MR) is 75.4 cm³/mol. The summed E-state index contributed by atoms with van der Waals surface area (Å²) >= 11 is 1.40. The molecule has 0 unspecified atom stereocenters. The van der Waals surface area contributed by atoms with Gasteiger partial charge < -0.3 is 15.2 Å². The second-order valence-electron chi connectivity index (χ2n) is 5.56. The van der Waals surface area contributed by atoms with Gasteiger partial charge in [-0.1, -0.05) is 19.9 Å². The summed E-state index contributed by atoms with van der Waals surface area (Å²) in [5.41, 5.74) is -1.23. The Balaban J connectivity index is 1.91. The summed E-state index contributed by atoms with van der Waals surface area (Å²) in [4.78, 5) is 12.5. The predicted octanol–water partition coefficient (Wildman–Crippen LogP) is 2.04. The minimum atomic E-state index is -0.889. The molecule has 1 aromatic rings. The summed E-state index contributed by atoms with van der Waals surface area (Å²) < 4.78 is 5.60. The molecule has 106 valence electrons. The number of carbonyl (C=O) groups is 1. The first-order chi connectivity index (χ1) is 8.90. The molecule has 5 heteroatoms. The van der Waals surface area contributed by atoms with E-state index in [-0.39, 0.29) is 24.0 Å². The molecule has 4 nitrogen and oxygen atoms in total. The lowest BCUT2D eigenvalue weighted by Gasteiger charge is -2.57. The van der Waals surface area contributed by atoms with Gasteiger partial charge in [-0.05, 0) is 18.4 Å². The highest BCUT2D eigenvalue weighted by Gasteiger charge is 2.59. The van der Waals surface area contributed by atoms with Gasteiger partial charge in [-0.3, -0.25) is 4.79 Å². The Kier molecular flexibility index (Phi) is 3.99. The molecule has 0 spiro atoms.